The van der Waals surface area contributed by atoms with Crippen LogP contribution < -0.4 is 10.1 Å². The summed E-state index contributed by atoms with van der Waals surface area (Å²) in [6.45, 7) is 5.68. The Morgan fingerprint density at radius 3 is 2.41 bits per heavy atom. The number of aromatic nitrogens is 4. The number of hydrogen-bond donors (Lipinski definition) is 1. The Hall–Kier alpha value is -3.74. The van der Waals surface area contributed by atoms with Crippen LogP contribution in [0.2, 0.25) is 0 Å². The Kier molecular flexibility index (Phi) is 4.72. The molecule has 0 aliphatic heterocycles. The molecule has 0 saturated heterocycles. The fourth-order valence-electron chi connectivity index (χ4n) is 3.31. The Morgan fingerprint density at radius 2 is 1.72 bits per heavy atom. The van der Waals surface area contributed by atoms with Crippen molar-refractivity contribution < 1.29 is 9.53 Å². The summed E-state index contributed by atoms with van der Waals surface area (Å²) in [5.41, 5.74) is 5.85. The summed E-state index contributed by atoms with van der Waals surface area (Å²) < 4.78 is 6.90. The van der Waals surface area contributed by atoms with E-state index in [1.165, 1.54) is 0 Å². The standard InChI is InChI=1S/C22H21N5O2/c1-13-7-5-6-8-18(13)23-22(28)20-15(3)27-21(25-24-20)19(14(2)26-27)16-9-11-17(29-4)12-10-16/h5-12H,1-4H3,(H,23,28). The van der Waals surface area contributed by atoms with Crippen LogP contribution in [0.15, 0.2) is 48.5 Å². The number of nitrogens with one attached hydrogen (secondary N) is 1. The van der Waals surface area contributed by atoms with Gasteiger partial charge in [0.2, 0.25) is 0 Å². The van der Waals surface area contributed by atoms with Crippen molar-refractivity contribution in [3.8, 4) is 16.9 Å². The van der Waals surface area contributed by atoms with Gasteiger partial charge in [-0.2, -0.15) is 5.10 Å². The molecule has 1 N–H and O–H groups in total. The van der Waals surface area contributed by atoms with Crippen LogP contribution in [0.1, 0.15) is 27.4 Å². The van der Waals surface area contributed by atoms with E-state index in [-0.39, 0.29) is 11.6 Å². The second-order valence-electron chi connectivity index (χ2n) is 6.83. The van der Waals surface area contributed by atoms with Gasteiger partial charge in [0, 0.05) is 5.69 Å². The summed E-state index contributed by atoms with van der Waals surface area (Å²) in [7, 11) is 1.63. The van der Waals surface area contributed by atoms with Crippen molar-refractivity contribution >= 4 is 17.2 Å². The third kappa shape index (κ3) is 3.31. The average molecular weight is 387 g/mol. The van der Waals surface area contributed by atoms with Crippen LogP contribution in [-0.2, 0) is 0 Å². The molecule has 7 heteroatoms. The molecular weight excluding hydrogens is 366 g/mol. The van der Waals surface area contributed by atoms with Crippen LogP contribution in [0.25, 0.3) is 16.8 Å². The molecule has 0 aliphatic rings. The van der Waals surface area contributed by atoms with E-state index in [1.54, 1.807) is 11.6 Å². The van der Waals surface area contributed by atoms with Crippen LogP contribution in [0, 0.1) is 20.8 Å². The minimum absolute atomic E-state index is 0.240. The normalized spacial score (nSPS) is 10.9. The van der Waals surface area contributed by atoms with E-state index in [2.05, 4.69) is 20.6 Å². The lowest BCUT2D eigenvalue weighted by Gasteiger charge is -2.09. The molecule has 146 valence electrons. The second-order valence-corrected chi connectivity index (χ2v) is 6.83. The van der Waals surface area contributed by atoms with Gasteiger partial charge in [0.25, 0.3) is 5.91 Å². The molecule has 2 aromatic carbocycles. The SMILES string of the molecule is COc1ccc(-c2c(C)nn3c(C)c(C(=O)Nc4ccccc4C)nnc23)cc1. The Bertz CT molecular complexity index is 1210. The highest BCUT2D eigenvalue weighted by Gasteiger charge is 2.20. The van der Waals surface area contributed by atoms with Gasteiger partial charge in [0.1, 0.15) is 5.75 Å². The zero-order valence-electron chi connectivity index (χ0n) is 16.7. The highest BCUT2D eigenvalue weighted by atomic mass is 16.5. The van der Waals surface area contributed by atoms with Crippen molar-refractivity contribution in [1.82, 2.24) is 19.8 Å². The lowest BCUT2D eigenvalue weighted by atomic mass is 10.1. The predicted octanol–water partition coefficient (Wildman–Crippen LogP) is 3.98. The number of anilines is 1. The fourth-order valence-corrected chi connectivity index (χ4v) is 3.31. The molecule has 0 radical (unpaired) electrons. The number of methoxy groups -OCH3 is 1. The summed E-state index contributed by atoms with van der Waals surface area (Å²) in [5.74, 6) is 0.464. The molecule has 2 heterocycles. The number of carbonyl (C=O) groups excluding carboxylic acids is 1. The molecule has 0 aliphatic carbocycles. The quantitative estimate of drug-likeness (QED) is 0.573. The highest BCUT2D eigenvalue weighted by Crippen LogP contribution is 2.29. The Morgan fingerprint density at radius 1 is 1.00 bits per heavy atom. The number of benzene rings is 2. The summed E-state index contributed by atoms with van der Waals surface area (Å²) >= 11 is 0. The number of para-hydroxylation sites is 1. The second kappa shape index (κ2) is 7.35. The van der Waals surface area contributed by atoms with E-state index >= 15 is 0 Å². The van der Waals surface area contributed by atoms with Crippen LogP contribution in [-0.4, -0.2) is 32.8 Å². The van der Waals surface area contributed by atoms with Gasteiger partial charge in [-0.15, -0.1) is 10.2 Å². The Balaban J connectivity index is 1.75. The van der Waals surface area contributed by atoms with E-state index in [1.807, 2.05) is 69.3 Å². The van der Waals surface area contributed by atoms with Crippen molar-refractivity contribution in [3.05, 3.63) is 71.2 Å². The number of aryl methyl sites for hydroxylation is 3. The molecule has 7 nitrogen and oxygen atoms in total. The molecule has 4 aromatic rings. The van der Waals surface area contributed by atoms with Crippen molar-refractivity contribution in [2.75, 3.05) is 12.4 Å². The number of hydrogen-bond acceptors (Lipinski definition) is 5. The first-order valence-electron chi connectivity index (χ1n) is 9.23. The smallest absolute Gasteiger partial charge is 0.278 e. The minimum atomic E-state index is -0.314. The van der Waals surface area contributed by atoms with Gasteiger partial charge >= 0.3 is 0 Å². The monoisotopic (exact) mass is 387 g/mol. The van der Waals surface area contributed by atoms with Gasteiger partial charge in [-0.1, -0.05) is 30.3 Å². The first kappa shape index (κ1) is 18.6. The van der Waals surface area contributed by atoms with Crippen LogP contribution in [0.5, 0.6) is 5.75 Å². The van der Waals surface area contributed by atoms with E-state index in [0.717, 1.165) is 33.8 Å². The molecule has 0 unspecified atom stereocenters. The maximum absolute atomic E-state index is 12.8. The summed E-state index contributed by atoms with van der Waals surface area (Å²) in [4.78, 5) is 12.8. The molecule has 0 saturated carbocycles. The van der Waals surface area contributed by atoms with Gasteiger partial charge in [-0.25, -0.2) is 4.52 Å². The van der Waals surface area contributed by atoms with Gasteiger partial charge < -0.3 is 10.1 Å². The molecule has 29 heavy (non-hydrogen) atoms. The maximum Gasteiger partial charge on any atom is 0.278 e. The first-order chi connectivity index (χ1) is 14.0. The molecule has 0 atom stereocenters. The summed E-state index contributed by atoms with van der Waals surface area (Å²) in [6.07, 6.45) is 0. The third-order valence-electron chi connectivity index (χ3n) is 4.93. The summed E-state index contributed by atoms with van der Waals surface area (Å²) in [5, 5.41) is 16.0. The van der Waals surface area contributed by atoms with Crippen LogP contribution in [0.4, 0.5) is 5.69 Å². The number of rotatable bonds is 4. The van der Waals surface area contributed by atoms with E-state index in [9.17, 15) is 4.79 Å². The molecule has 4 rings (SSSR count). The maximum atomic E-state index is 12.8. The average Bonchev–Trinajstić information content (AvgIpc) is 3.07. The fraction of sp³-hybridized carbons (Fsp3) is 0.182. The predicted molar refractivity (Wildman–Crippen MR) is 111 cm³/mol. The van der Waals surface area contributed by atoms with Gasteiger partial charge in [-0.05, 0) is 50.1 Å². The van der Waals surface area contributed by atoms with Gasteiger partial charge in [0.05, 0.1) is 24.1 Å². The third-order valence-corrected chi connectivity index (χ3v) is 4.93. The van der Waals surface area contributed by atoms with Crippen molar-refractivity contribution in [3.63, 3.8) is 0 Å². The molecular formula is C22H21N5O2. The van der Waals surface area contributed by atoms with E-state index < -0.39 is 0 Å². The largest absolute Gasteiger partial charge is 0.497 e. The first-order valence-corrected chi connectivity index (χ1v) is 9.23. The number of carbonyl (C=O) groups is 1. The molecule has 0 bridgehead atoms. The highest BCUT2D eigenvalue weighted by molar-refractivity contribution is 6.04. The number of nitrogens with zero attached hydrogens (tertiary/aromatic N) is 4. The van der Waals surface area contributed by atoms with Crippen molar-refractivity contribution in [2.45, 2.75) is 20.8 Å². The molecule has 0 spiro atoms. The topological polar surface area (TPSA) is 81.4 Å². The minimum Gasteiger partial charge on any atom is -0.497 e. The number of ether oxygens (including phenoxy) is 1. The number of amides is 1. The van der Waals surface area contributed by atoms with Gasteiger partial charge in [0.15, 0.2) is 11.3 Å². The number of fused-ring (bicyclic) bond motifs is 1. The zero-order valence-corrected chi connectivity index (χ0v) is 16.7. The zero-order chi connectivity index (χ0) is 20.5. The van der Waals surface area contributed by atoms with E-state index in [4.69, 9.17) is 4.74 Å². The lowest BCUT2D eigenvalue weighted by molar-refractivity contribution is 0.102. The van der Waals surface area contributed by atoms with Gasteiger partial charge in [-0.3, -0.25) is 4.79 Å². The van der Waals surface area contributed by atoms with E-state index in [0.29, 0.717) is 11.3 Å². The summed E-state index contributed by atoms with van der Waals surface area (Å²) in [6, 6.07) is 15.3. The van der Waals surface area contributed by atoms with Crippen molar-refractivity contribution in [1.29, 1.82) is 0 Å². The lowest BCUT2D eigenvalue weighted by Crippen LogP contribution is -2.19. The van der Waals surface area contributed by atoms with Crippen LogP contribution >= 0.6 is 0 Å². The molecule has 2 aromatic heterocycles. The Labute approximate surface area is 168 Å². The molecule has 0 fully saturated rings. The van der Waals surface area contributed by atoms with Crippen LogP contribution in [0.3, 0.4) is 0 Å². The van der Waals surface area contributed by atoms with Crippen molar-refractivity contribution in [2.24, 2.45) is 0 Å². The molecule has 1 amide bonds.